The van der Waals surface area contributed by atoms with Gasteiger partial charge >= 0.3 is 0 Å². The molecule has 0 bridgehead atoms. The van der Waals surface area contributed by atoms with E-state index < -0.39 is 0 Å². The van der Waals surface area contributed by atoms with Crippen molar-refractivity contribution in [3.8, 4) is 5.75 Å². The molecule has 0 saturated heterocycles. The predicted octanol–water partition coefficient (Wildman–Crippen LogP) is 2.62. The quantitative estimate of drug-likeness (QED) is 0.554. The van der Waals surface area contributed by atoms with E-state index in [1.807, 2.05) is 48.5 Å². The fourth-order valence-electron chi connectivity index (χ4n) is 2.75. The highest BCUT2D eigenvalue weighted by Crippen LogP contribution is 2.17. The van der Waals surface area contributed by atoms with E-state index in [0.717, 1.165) is 22.1 Å². The molecule has 4 aromatic rings. The Labute approximate surface area is 155 Å². The molecule has 0 atom stereocenters. The average Bonchev–Trinajstić information content (AvgIpc) is 3.14. The number of fused-ring (bicyclic) bond motifs is 3. The fraction of sp³-hybridized carbons (Fsp3) is 0.100. The molecule has 1 amide bonds. The Hall–Kier alpha value is -3.74. The minimum atomic E-state index is -0.219. The van der Waals surface area contributed by atoms with Gasteiger partial charge in [-0.05, 0) is 23.8 Å². The van der Waals surface area contributed by atoms with E-state index in [2.05, 4.69) is 20.6 Å². The van der Waals surface area contributed by atoms with Crippen LogP contribution in [0.1, 0.15) is 11.4 Å². The van der Waals surface area contributed by atoms with Gasteiger partial charge in [0.25, 0.3) is 0 Å². The topological polar surface area (TPSA) is 81.4 Å². The number of rotatable bonds is 5. The lowest BCUT2D eigenvalue weighted by Gasteiger charge is -2.04. The molecule has 0 fully saturated rings. The molecular formula is C20H17N5O2. The van der Waals surface area contributed by atoms with Gasteiger partial charge in [-0.25, -0.2) is 0 Å². The van der Waals surface area contributed by atoms with Crippen molar-refractivity contribution >= 4 is 28.4 Å². The van der Waals surface area contributed by atoms with E-state index in [0.29, 0.717) is 18.0 Å². The van der Waals surface area contributed by atoms with E-state index in [1.54, 1.807) is 23.9 Å². The second kappa shape index (κ2) is 7.25. The minimum Gasteiger partial charge on any atom is -0.497 e. The Morgan fingerprint density at radius 2 is 1.96 bits per heavy atom. The molecule has 2 heterocycles. The van der Waals surface area contributed by atoms with Crippen molar-refractivity contribution in [1.82, 2.24) is 25.1 Å². The highest BCUT2D eigenvalue weighted by atomic mass is 16.5. The number of benzene rings is 2. The molecule has 27 heavy (non-hydrogen) atoms. The van der Waals surface area contributed by atoms with Crippen molar-refractivity contribution in [3.63, 3.8) is 0 Å². The van der Waals surface area contributed by atoms with Crippen LogP contribution in [0, 0.1) is 0 Å². The van der Waals surface area contributed by atoms with Gasteiger partial charge < -0.3 is 10.1 Å². The predicted molar refractivity (Wildman–Crippen MR) is 102 cm³/mol. The Morgan fingerprint density at radius 3 is 2.78 bits per heavy atom. The van der Waals surface area contributed by atoms with Crippen LogP contribution in [0.5, 0.6) is 5.75 Å². The second-order valence-electron chi connectivity index (χ2n) is 5.92. The van der Waals surface area contributed by atoms with Crippen LogP contribution in [0.3, 0.4) is 0 Å². The van der Waals surface area contributed by atoms with Crippen LogP contribution in [-0.4, -0.2) is 32.8 Å². The Kier molecular flexibility index (Phi) is 4.49. The lowest BCUT2D eigenvalue weighted by atomic mass is 10.2. The SMILES string of the molecule is COc1ccc(CNC(=O)C=Cc2nnc3c4ccccc4cnn23)cc1. The van der Waals surface area contributed by atoms with Crippen molar-refractivity contribution < 1.29 is 9.53 Å². The summed E-state index contributed by atoms with van der Waals surface area (Å²) in [4.78, 5) is 12.1. The highest BCUT2D eigenvalue weighted by molar-refractivity contribution is 5.94. The molecule has 0 aliphatic carbocycles. The molecule has 7 heteroatoms. The van der Waals surface area contributed by atoms with Gasteiger partial charge in [-0.3, -0.25) is 4.79 Å². The number of ether oxygens (including phenoxy) is 1. The van der Waals surface area contributed by atoms with E-state index in [-0.39, 0.29) is 5.91 Å². The Morgan fingerprint density at radius 1 is 1.15 bits per heavy atom. The summed E-state index contributed by atoms with van der Waals surface area (Å²) in [5.41, 5.74) is 1.64. The van der Waals surface area contributed by atoms with Gasteiger partial charge in [0.15, 0.2) is 11.5 Å². The van der Waals surface area contributed by atoms with Crippen LogP contribution in [-0.2, 0) is 11.3 Å². The Bertz CT molecular complexity index is 1130. The maximum atomic E-state index is 12.1. The molecule has 2 aromatic heterocycles. The molecule has 1 N–H and O–H groups in total. The third kappa shape index (κ3) is 3.48. The third-order valence-corrected chi connectivity index (χ3v) is 4.19. The lowest BCUT2D eigenvalue weighted by molar-refractivity contribution is -0.116. The Balaban J connectivity index is 1.47. The summed E-state index contributed by atoms with van der Waals surface area (Å²) in [6.07, 6.45) is 4.79. The van der Waals surface area contributed by atoms with Gasteiger partial charge in [0.05, 0.1) is 13.3 Å². The lowest BCUT2D eigenvalue weighted by Crippen LogP contribution is -2.20. The van der Waals surface area contributed by atoms with Crippen molar-refractivity contribution in [3.05, 3.63) is 72.2 Å². The molecule has 0 saturated carbocycles. The summed E-state index contributed by atoms with van der Waals surface area (Å²) in [6, 6.07) is 15.4. The summed E-state index contributed by atoms with van der Waals surface area (Å²) < 4.78 is 6.74. The molecule has 0 unspecified atom stereocenters. The first kappa shape index (κ1) is 16.7. The van der Waals surface area contributed by atoms with Crippen LogP contribution in [0.15, 0.2) is 60.8 Å². The molecule has 0 aliphatic heterocycles. The van der Waals surface area contributed by atoms with Gasteiger partial charge in [-0.2, -0.15) is 9.61 Å². The van der Waals surface area contributed by atoms with Crippen molar-refractivity contribution in [2.24, 2.45) is 0 Å². The monoisotopic (exact) mass is 359 g/mol. The van der Waals surface area contributed by atoms with Crippen LogP contribution in [0.2, 0.25) is 0 Å². The van der Waals surface area contributed by atoms with E-state index in [1.165, 1.54) is 6.08 Å². The van der Waals surface area contributed by atoms with Crippen LogP contribution in [0.4, 0.5) is 0 Å². The number of hydrogen-bond donors (Lipinski definition) is 1. The van der Waals surface area contributed by atoms with Crippen molar-refractivity contribution in [2.75, 3.05) is 7.11 Å². The number of methoxy groups -OCH3 is 1. The maximum Gasteiger partial charge on any atom is 0.244 e. The molecule has 0 spiro atoms. The summed E-state index contributed by atoms with van der Waals surface area (Å²) in [5, 5.41) is 17.5. The minimum absolute atomic E-state index is 0.219. The highest BCUT2D eigenvalue weighted by Gasteiger charge is 2.08. The fourth-order valence-corrected chi connectivity index (χ4v) is 2.75. The zero-order valence-corrected chi connectivity index (χ0v) is 14.7. The summed E-state index contributed by atoms with van der Waals surface area (Å²) in [7, 11) is 1.62. The molecule has 134 valence electrons. The summed E-state index contributed by atoms with van der Waals surface area (Å²) in [5.74, 6) is 1.06. The number of nitrogens with one attached hydrogen (secondary N) is 1. The zero-order chi connectivity index (χ0) is 18.6. The van der Waals surface area contributed by atoms with Gasteiger partial charge in [-0.15, -0.1) is 10.2 Å². The number of hydrogen-bond acceptors (Lipinski definition) is 5. The molecule has 4 rings (SSSR count). The van der Waals surface area contributed by atoms with E-state index in [9.17, 15) is 4.79 Å². The smallest absolute Gasteiger partial charge is 0.244 e. The van der Waals surface area contributed by atoms with E-state index >= 15 is 0 Å². The van der Waals surface area contributed by atoms with Gasteiger partial charge in [0, 0.05) is 23.4 Å². The molecular weight excluding hydrogens is 342 g/mol. The average molecular weight is 359 g/mol. The maximum absolute atomic E-state index is 12.1. The number of aromatic nitrogens is 4. The van der Waals surface area contributed by atoms with Crippen LogP contribution in [0.25, 0.3) is 22.5 Å². The number of nitrogens with zero attached hydrogens (tertiary/aromatic N) is 4. The molecule has 0 radical (unpaired) electrons. The van der Waals surface area contributed by atoms with Gasteiger partial charge in [-0.1, -0.05) is 36.4 Å². The first-order valence-corrected chi connectivity index (χ1v) is 8.42. The normalized spacial score (nSPS) is 11.3. The van der Waals surface area contributed by atoms with Crippen molar-refractivity contribution in [1.29, 1.82) is 0 Å². The summed E-state index contributed by atoms with van der Waals surface area (Å²) in [6.45, 7) is 0.427. The number of carbonyl (C=O) groups is 1. The van der Waals surface area contributed by atoms with Crippen LogP contribution < -0.4 is 10.1 Å². The molecule has 2 aromatic carbocycles. The zero-order valence-electron chi connectivity index (χ0n) is 14.7. The van der Waals surface area contributed by atoms with Gasteiger partial charge in [0.1, 0.15) is 5.75 Å². The third-order valence-electron chi connectivity index (χ3n) is 4.19. The van der Waals surface area contributed by atoms with E-state index in [4.69, 9.17) is 4.74 Å². The number of amides is 1. The standard InChI is InChI=1S/C20H17N5O2/c1-27-16-8-6-14(7-9-16)12-21-19(26)11-10-18-23-24-20-17-5-3-2-4-15(17)13-22-25(18)20/h2-11,13H,12H2,1H3,(H,21,26). The number of carbonyl (C=O) groups excluding carboxylic acids is 1. The van der Waals surface area contributed by atoms with Gasteiger partial charge in [0.2, 0.25) is 5.91 Å². The van der Waals surface area contributed by atoms with Crippen LogP contribution >= 0.6 is 0 Å². The molecule has 7 nitrogen and oxygen atoms in total. The molecule has 0 aliphatic rings. The first-order chi connectivity index (χ1) is 13.2. The summed E-state index contributed by atoms with van der Waals surface area (Å²) >= 11 is 0. The first-order valence-electron chi connectivity index (χ1n) is 8.42. The second-order valence-corrected chi connectivity index (χ2v) is 5.92. The van der Waals surface area contributed by atoms with Crippen molar-refractivity contribution in [2.45, 2.75) is 6.54 Å². The largest absolute Gasteiger partial charge is 0.497 e.